The quantitative estimate of drug-likeness (QED) is 0.780. The predicted molar refractivity (Wildman–Crippen MR) is 86.4 cm³/mol. The number of hydrogen-bond donors (Lipinski definition) is 2. The molecule has 2 N–H and O–H groups in total. The molecule has 0 saturated heterocycles. The van der Waals surface area contributed by atoms with Crippen molar-refractivity contribution in [1.82, 2.24) is 5.32 Å². The fourth-order valence-corrected chi connectivity index (χ4v) is 4.20. The summed E-state index contributed by atoms with van der Waals surface area (Å²) in [6.07, 6.45) is 0. The highest BCUT2D eigenvalue weighted by Gasteiger charge is 2.23. The van der Waals surface area contributed by atoms with Crippen molar-refractivity contribution in [3.05, 3.63) is 44.7 Å². The zero-order valence-corrected chi connectivity index (χ0v) is 14.7. The maximum Gasteiger partial charge on any atom is 0.266 e. The predicted octanol–water partition coefficient (Wildman–Crippen LogP) is 3.87. The second-order valence-electron chi connectivity index (χ2n) is 4.11. The molecule has 0 bridgehead atoms. The van der Waals surface area contributed by atoms with Crippen molar-refractivity contribution >= 4 is 54.8 Å². The normalized spacial score (nSPS) is 11.6. The van der Waals surface area contributed by atoms with Crippen molar-refractivity contribution in [3.63, 3.8) is 0 Å². The number of rotatable bonds is 5. The molecular formula is C12H11BrCl2N2O3S. The summed E-state index contributed by atoms with van der Waals surface area (Å²) in [5.74, 6) is 0.493. The van der Waals surface area contributed by atoms with Crippen LogP contribution < -0.4 is 10.0 Å². The van der Waals surface area contributed by atoms with Crippen LogP contribution in [0.25, 0.3) is 0 Å². The molecule has 2 rings (SSSR count). The lowest BCUT2D eigenvalue weighted by Gasteiger charge is -2.08. The summed E-state index contributed by atoms with van der Waals surface area (Å²) in [4.78, 5) is -0.00114. The van der Waals surface area contributed by atoms with Crippen molar-refractivity contribution in [2.45, 2.75) is 11.4 Å². The Hall–Kier alpha value is -0.730. The van der Waals surface area contributed by atoms with Gasteiger partial charge in [-0.15, -0.1) is 0 Å². The molecule has 0 radical (unpaired) electrons. The van der Waals surface area contributed by atoms with Gasteiger partial charge in [-0.3, -0.25) is 4.72 Å². The minimum Gasteiger partial charge on any atom is -0.451 e. The Morgan fingerprint density at radius 1 is 1.29 bits per heavy atom. The first-order valence-corrected chi connectivity index (χ1v) is 8.77. The topological polar surface area (TPSA) is 71.3 Å². The van der Waals surface area contributed by atoms with Gasteiger partial charge in [-0.1, -0.05) is 23.2 Å². The molecule has 21 heavy (non-hydrogen) atoms. The molecular weight excluding hydrogens is 403 g/mol. The number of sulfonamides is 1. The summed E-state index contributed by atoms with van der Waals surface area (Å²) in [6.45, 7) is 0.413. The molecule has 0 atom stereocenters. The zero-order chi connectivity index (χ0) is 15.6. The average Bonchev–Trinajstić information content (AvgIpc) is 2.75. The van der Waals surface area contributed by atoms with Gasteiger partial charge in [0.1, 0.15) is 10.7 Å². The van der Waals surface area contributed by atoms with E-state index in [-0.39, 0.29) is 20.3 Å². The van der Waals surface area contributed by atoms with E-state index in [2.05, 4.69) is 26.0 Å². The van der Waals surface area contributed by atoms with Gasteiger partial charge in [0.2, 0.25) is 0 Å². The Kier molecular flexibility index (Phi) is 5.21. The third-order valence-corrected chi connectivity index (χ3v) is 5.29. The number of anilines is 1. The molecule has 0 aliphatic heterocycles. The third-order valence-electron chi connectivity index (χ3n) is 2.52. The standard InChI is InChI=1S/C12H11BrCl2N2O3S/c1-16-6-8-5-11(12(13)20-8)21(18,19)17-10-3-2-7(14)4-9(10)15/h2-5,16-17H,6H2,1H3. The van der Waals surface area contributed by atoms with Gasteiger partial charge in [0.15, 0.2) is 4.67 Å². The fraction of sp³-hybridized carbons (Fsp3) is 0.167. The van der Waals surface area contributed by atoms with Crippen molar-refractivity contribution in [2.75, 3.05) is 11.8 Å². The maximum absolute atomic E-state index is 12.4. The molecule has 0 saturated carbocycles. The number of hydrogen-bond acceptors (Lipinski definition) is 4. The summed E-state index contributed by atoms with van der Waals surface area (Å²) in [7, 11) is -2.09. The monoisotopic (exact) mass is 412 g/mol. The highest BCUT2D eigenvalue weighted by molar-refractivity contribution is 9.10. The summed E-state index contributed by atoms with van der Waals surface area (Å²) in [6, 6.07) is 5.93. The molecule has 0 unspecified atom stereocenters. The lowest BCUT2D eigenvalue weighted by molar-refractivity contribution is 0.470. The molecule has 2 aromatic rings. The van der Waals surface area contributed by atoms with E-state index in [0.29, 0.717) is 17.3 Å². The lowest BCUT2D eigenvalue weighted by atomic mass is 10.3. The highest BCUT2D eigenvalue weighted by atomic mass is 79.9. The Morgan fingerprint density at radius 3 is 2.62 bits per heavy atom. The van der Waals surface area contributed by atoms with Crippen LogP contribution in [0.5, 0.6) is 0 Å². The van der Waals surface area contributed by atoms with E-state index in [1.54, 1.807) is 13.1 Å². The first-order valence-electron chi connectivity index (χ1n) is 5.74. The lowest BCUT2D eigenvalue weighted by Crippen LogP contribution is -2.13. The number of nitrogens with one attached hydrogen (secondary N) is 2. The van der Waals surface area contributed by atoms with E-state index in [1.807, 2.05) is 0 Å². The number of benzene rings is 1. The smallest absolute Gasteiger partial charge is 0.266 e. The van der Waals surface area contributed by atoms with E-state index in [0.717, 1.165) is 0 Å². The van der Waals surface area contributed by atoms with Gasteiger partial charge in [0.25, 0.3) is 10.0 Å². The Labute approximate surface area is 140 Å². The third kappa shape index (κ3) is 3.92. The molecule has 9 heteroatoms. The molecule has 1 heterocycles. The van der Waals surface area contributed by atoms with E-state index in [9.17, 15) is 8.42 Å². The van der Waals surface area contributed by atoms with Crippen molar-refractivity contribution in [2.24, 2.45) is 0 Å². The van der Waals surface area contributed by atoms with Crippen molar-refractivity contribution in [3.8, 4) is 0 Å². The Morgan fingerprint density at radius 2 is 2.00 bits per heavy atom. The fourth-order valence-electron chi connectivity index (χ4n) is 1.61. The number of halogens is 3. The summed E-state index contributed by atoms with van der Waals surface area (Å²) in [5, 5.41) is 3.50. The van der Waals surface area contributed by atoms with E-state index in [1.165, 1.54) is 18.2 Å². The van der Waals surface area contributed by atoms with Crippen LogP contribution in [0.3, 0.4) is 0 Å². The van der Waals surface area contributed by atoms with Gasteiger partial charge in [-0.05, 0) is 41.2 Å². The second-order valence-corrected chi connectivity index (χ2v) is 7.33. The van der Waals surface area contributed by atoms with Crippen LogP contribution >= 0.6 is 39.1 Å². The van der Waals surface area contributed by atoms with Crippen LogP contribution in [0.1, 0.15) is 5.76 Å². The molecule has 1 aromatic carbocycles. The Bertz CT molecular complexity index is 762. The van der Waals surface area contributed by atoms with E-state index >= 15 is 0 Å². The zero-order valence-electron chi connectivity index (χ0n) is 10.8. The van der Waals surface area contributed by atoms with Gasteiger partial charge < -0.3 is 9.73 Å². The van der Waals surface area contributed by atoms with Crippen LogP contribution in [-0.2, 0) is 16.6 Å². The molecule has 0 spiro atoms. The van der Waals surface area contributed by atoms with Gasteiger partial charge in [-0.2, -0.15) is 0 Å². The summed E-state index contributed by atoms with van der Waals surface area (Å²) >= 11 is 14.8. The van der Waals surface area contributed by atoms with Crippen LogP contribution in [0.15, 0.2) is 38.2 Å². The summed E-state index contributed by atoms with van der Waals surface area (Å²) < 4.78 is 32.6. The largest absolute Gasteiger partial charge is 0.451 e. The van der Waals surface area contributed by atoms with Gasteiger partial charge >= 0.3 is 0 Å². The molecule has 0 amide bonds. The van der Waals surface area contributed by atoms with Gasteiger partial charge in [0, 0.05) is 11.1 Å². The minimum absolute atomic E-state index is 0.00114. The van der Waals surface area contributed by atoms with Crippen LogP contribution in [0.4, 0.5) is 5.69 Å². The summed E-state index contributed by atoms with van der Waals surface area (Å²) in [5.41, 5.74) is 0.240. The first-order chi connectivity index (χ1) is 9.83. The van der Waals surface area contributed by atoms with Crippen molar-refractivity contribution in [1.29, 1.82) is 0 Å². The SMILES string of the molecule is CNCc1cc(S(=O)(=O)Nc2ccc(Cl)cc2Cl)c(Br)o1. The molecule has 114 valence electrons. The number of furan rings is 1. The van der Waals surface area contributed by atoms with E-state index in [4.69, 9.17) is 27.6 Å². The molecule has 1 aromatic heterocycles. The molecule has 0 fully saturated rings. The second kappa shape index (κ2) is 6.58. The van der Waals surface area contributed by atoms with Crippen molar-refractivity contribution < 1.29 is 12.8 Å². The molecule has 0 aliphatic carbocycles. The van der Waals surface area contributed by atoms with Crippen LogP contribution in [-0.4, -0.2) is 15.5 Å². The molecule has 5 nitrogen and oxygen atoms in total. The van der Waals surface area contributed by atoms with Gasteiger partial charge in [0.05, 0.1) is 17.3 Å². The van der Waals surface area contributed by atoms with E-state index < -0.39 is 10.0 Å². The molecule has 0 aliphatic rings. The highest BCUT2D eigenvalue weighted by Crippen LogP contribution is 2.31. The van der Waals surface area contributed by atoms with Crippen LogP contribution in [0.2, 0.25) is 10.0 Å². The maximum atomic E-state index is 12.4. The minimum atomic E-state index is -3.82. The first kappa shape index (κ1) is 16.6. The Balaban J connectivity index is 2.34. The van der Waals surface area contributed by atoms with Gasteiger partial charge in [-0.25, -0.2) is 8.42 Å². The average molecular weight is 414 g/mol. The van der Waals surface area contributed by atoms with Crippen LogP contribution in [0, 0.1) is 0 Å².